The highest BCUT2D eigenvalue weighted by Gasteiger charge is 2.22. The molecule has 3 rings (SSSR count). The number of halogens is 1. The molecule has 0 aliphatic heterocycles. The summed E-state index contributed by atoms with van der Waals surface area (Å²) in [6.45, 7) is 1.84. The van der Waals surface area contributed by atoms with Gasteiger partial charge in [0, 0.05) is 10.2 Å². The van der Waals surface area contributed by atoms with Crippen LogP contribution in [0.4, 0.5) is 5.69 Å². The molecule has 5 heteroatoms. The Labute approximate surface area is 155 Å². The highest BCUT2D eigenvalue weighted by molar-refractivity contribution is 9.10. The first-order valence-corrected chi connectivity index (χ1v) is 8.83. The van der Waals surface area contributed by atoms with Crippen LogP contribution in [-0.2, 0) is 4.79 Å². The first-order chi connectivity index (χ1) is 12.1. The summed E-state index contributed by atoms with van der Waals surface area (Å²) in [5.41, 5.74) is 1.80. The summed E-state index contributed by atoms with van der Waals surface area (Å²) in [6, 6.07) is 20.6. The normalized spacial score (nSPS) is 13.2. The topological polar surface area (TPSA) is 54.3 Å². The molecule has 0 aliphatic carbocycles. The molecule has 1 heterocycles. The van der Waals surface area contributed by atoms with Gasteiger partial charge in [0.2, 0.25) is 5.91 Å². The fourth-order valence-electron chi connectivity index (χ4n) is 2.55. The molecule has 0 unspecified atom stereocenters. The second-order valence-electron chi connectivity index (χ2n) is 5.74. The minimum absolute atomic E-state index is 0.102. The largest absolute Gasteiger partial charge is 0.467 e. The van der Waals surface area contributed by atoms with E-state index < -0.39 is 6.04 Å². The maximum absolute atomic E-state index is 12.5. The van der Waals surface area contributed by atoms with E-state index in [0.717, 1.165) is 21.5 Å². The highest BCUT2D eigenvalue weighted by Crippen LogP contribution is 2.23. The maximum atomic E-state index is 12.5. The summed E-state index contributed by atoms with van der Waals surface area (Å²) >= 11 is 3.39. The van der Waals surface area contributed by atoms with Gasteiger partial charge in [-0.25, -0.2) is 0 Å². The van der Waals surface area contributed by atoms with Crippen molar-refractivity contribution in [2.75, 3.05) is 5.32 Å². The Balaban J connectivity index is 1.72. The zero-order valence-corrected chi connectivity index (χ0v) is 15.4. The molecule has 3 aromatic rings. The van der Waals surface area contributed by atoms with Gasteiger partial charge in [0.15, 0.2) is 0 Å². The predicted octanol–water partition coefficient (Wildman–Crippen LogP) is 4.75. The molecule has 128 valence electrons. The number of carbonyl (C=O) groups is 1. The molecule has 1 aromatic heterocycles. The Kier molecular flexibility index (Phi) is 5.68. The lowest BCUT2D eigenvalue weighted by Gasteiger charge is -2.22. The van der Waals surface area contributed by atoms with Crippen LogP contribution in [0.2, 0.25) is 0 Å². The van der Waals surface area contributed by atoms with Crippen LogP contribution in [0, 0.1) is 0 Å². The minimum Gasteiger partial charge on any atom is -0.467 e. The number of furan rings is 1. The summed E-state index contributed by atoms with van der Waals surface area (Å²) in [7, 11) is 0. The van der Waals surface area contributed by atoms with Crippen LogP contribution in [-0.4, -0.2) is 11.9 Å². The lowest BCUT2D eigenvalue weighted by Crippen LogP contribution is -2.40. The van der Waals surface area contributed by atoms with Crippen molar-refractivity contribution in [3.63, 3.8) is 0 Å². The van der Waals surface area contributed by atoms with Crippen LogP contribution in [0.5, 0.6) is 0 Å². The minimum atomic E-state index is -0.404. The summed E-state index contributed by atoms with van der Waals surface area (Å²) in [4.78, 5) is 12.5. The molecule has 2 atom stereocenters. The number of nitrogens with one attached hydrogen (secondary N) is 2. The lowest BCUT2D eigenvalue weighted by atomic mass is 10.0. The van der Waals surface area contributed by atoms with Crippen LogP contribution in [0.3, 0.4) is 0 Å². The number of rotatable bonds is 6. The molecular weight excluding hydrogens is 380 g/mol. The maximum Gasteiger partial charge on any atom is 0.241 e. The number of carbonyl (C=O) groups excluding carboxylic acids is 1. The van der Waals surface area contributed by atoms with Crippen LogP contribution < -0.4 is 10.6 Å². The first kappa shape index (κ1) is 17.5. The van der Waals surface area contributed by atoms with Crippen molar-refractivity contribution >= 4 is 27.5 Å². The Hall–Kier alpha value is -2.37. The molecular formula is C20H19BrN2O2. The quantitative estimate of drug-likeness (QED) is 0.629. The van der Waals surface area contributed by atoms with Crippen molar-refractivity contribution in [1.29, 1.82) is 0 Å². The van der Waals surface area contributed by atoms with Gasteiger partial charge in [-0.2, -0.15) is 0 Å². The molecule has 2 aromatic carbocycles. The van der Waals surface area contributed by atoms with Gasteiger partial charge < -0.3 is 9.73 Å². The number of hydrogen-bond acceptors (Lipinski definition) is 3. The summed E-state index contributed by atoms with van der Waals surface area (Å²) in [5, 5.41) is 6.27. The molecule has 25 heavy (non-hydrogen) atoms. The third-order valence-electron chi connectivity index (χ3n) is 3.88. The molecule has 0 bridgehead atoms. The van der Waals surface area contributed by atoms with Crippen molar-refractivity contribution in [2.24, 2.45) is 0 Å². The van der Waals surface area contributed by atoms with E-state index in [-0.39, 0.29) is 11.9 Å². The van der Waals surface area contributed by atoms with E-state index in [0.29, 0.717) is 0 Å². The van der Waals surface area contributed by atoms with E-state index in [2.05, 4.69) is 26.6 Å². The summed E-state index contributed by atoms with van der Waals surface area (Å²) in [6.07, 6.45) is 1.64. The van der Waals surface area contributed by atoms with Crippen LogP contribution in [0.25, 0.3) is 0 Å². The molecule has 0 aliphatic rings. The van der Waals surface area contributed by atoms with E-state index in [1.807, 2.05) is 73.7 Å². The number of hydrogen-bond donors (Lipinski definition) is 2. The van der Waals surface area contributed by atoms with Gasteiger partial charge in [-0.3, -0.25) is 10.1 Å². The third kappa shape index (κ3) is 4.59. The van der Waals surface area contributed by atoms with Gasteiger partial charge in [0.1, 0.15) is 5.76 Å². The number of benzene rings is 2. The van der Waals surface area contributed by atoms with E-state index >= 15 is 0 Å². The number of amides is 1. The van der Waals surface area contributed by atoms with Crippen molar-refractivity contribution in [3.8, 4) is 0 Å². The summed E-state index contributed by atoms with van der Waals surface area (Å²) < 4.78 is 6.53. The second kappa shape index (κ2) is 8.14. The Morgan fingerprint density at radius 1 is 1.00 bits per heavy atom. The second-order valence-corrected chi connectivity index (χ2v) is 6.66. The fourth-order valence-corrected chi connectivity index (χ4v) is 2.82. The average Bonchev–Trinajstić information content (AvgIpc) is 3.16. The van der Waals surface area contributed by atoms with Crippen molar-refractivity contribution in [1.82, 2.24) is 5.32 Å². The van der Waals surface area contributed by atoms with Crippen LogP contribution in [0.1, 0.15) is 24.3 Å². The zero-order valence-electron chi connectivity index (χ0n) is 13.8. The predicted molar refractivity (Wildman–Crippen MR) is 102 cm³/mol. The third-order valence-corrected chi connectivity index (χ3v) is 4.41. The van der Waals surface area contributed by atoms with Crippen LogP contribution >= 0.6 is 15.9 Å². The van der Waals surface area contributed by atoms with E-state index in [4.69, 9.17) is 4.42 Å². The Bertz CT molecular complexity index is 801. The smallest absolute Gasteiger partial charge is 0.241 e. The highest BCUT2D eigenvalue weighted by atomic mass is 79.9. The van der Waals surface area contributed by atoms with Crippen molar-refractivity contribution in [2.45, 2.75) is 19.0 Å². The molecule has 4 nitrogen and oxygen atoms in total. The van der Waals surface area contributed by atoms with Crippen molar-refractivity contribution < 1.29 is 9.21 Å². The van der Waals surface area contributed by atoms with Gasteiger partial charge in [-0.1, -0.05) is 46.3 Å². The molecule has 0 fully saturated rings. The van der Waals surface area contributed by atoms with Gasteiger partial charge in [-0.05, 0) is 48.9 Å². The lowest BCUT2D eigenvalue weighted by molar-refractivity contribution is -0.117. The van der Waals surface area contributed by atoms with Gasteiger partial charge in [0.25, 0.3) is 0 Å². The molecule has 0 spiro atoms. The first-order valence-electron chi connectivity index (χ1n) is 8.04. The average molecular weight is 399 g/mol. The van der Waals surface area contributed by atoms with Gasteiger partial charge in [-0.15, -0.1) is 0 Å². The molecule has 1 amide bonds. The standard InChI is InChI=1S/C20H19BrN2O2/c1-14(20(24)23-17-11-9-16(21)10-12-17)22-19(18-8-5-13-25-18)15-6-3-2-4-7-15/h2-14,19,22H,1H3,(H,23,24)/t14-,19-/m1/s1. The monoisotopic (exact) mass is 398 g/mol. The molecule has 2 N–H and O–H groups in total. The van der Waals surface area contributed by atoms with E-state index in [1.165, 1.54) is 0 Å². The zero-order chi connectivity index (χ0) is 17.6. The molecule has 0 saturated heterocycles. The Morgan fingerprint density at radius 3 is 2.36 bits per heavy atom. The SMILES string of the molecule is C[C@@H](N[C@H](c1ccccc1)c1ccco1)C(=O)Nc1ccc(Br)cc1. The Morgan fingerprint density at radius 2 is 1.72 bits per heavy atom. The van der Waals surface area contributed by atoms with Gasteiger partial charge >= 0.3 is 0 Å². The molecule has 0 saturated carbocycles. The molecule has 0 radical (unpaired) electrons. The van der Waals surface area contributed by atoms with Gasteiger partial charge in [0.05, 0.1) is 18.3 Å². The van der Waals surface area contributed by atoms with Crippen LogP contribution in [0.15, 0.2) is 81.9 Å². The summed E-state index contributed by atoms with van der Waals surface area (Å²) in [5.74, 6) is 0.671. The number of anilines is 1. The van der Waals surface area contributed by atoms with Crippen molar-refractivity contribution in [3.05, 3.63) is 88.8 Å². The fraction of sp³-hybridized carbons (Fsp3) is 0.150. The van der Waals surface area contributed by atoms with E-state index in [1.54, 1.807) is 6.26 Å². The van der Waals surface area contributed by atoms with E-state index in [9.17, 15) is 4.79 Å².